The first-order valence-corrected chi connectivity index (χ1v) is 6.00. The van der Waals surface area contributed by atoms with E-state index in [1.165, 1.54) is 0 Å². The van der Waals surface area contributed by atoms with Crippen LogP contribution in [0.2, 0.25) is 0 Å². The quantitative estimate of drug-likeness (QED) is 0.826. The summed E-state index contributed by atoms with van der Waals surface area (Å²) in [7, 11) is 0. The Bertz CT molecular complexity index is 377. The maximum atomic E-state index is 12.1. The number of hydrogen-bond acceptors (Lipinski definition) is 3. The summed E-state index contributed by atoms with van der Waals surface area (Å²) < 4.78 is 5.66. The lowest BCUT2D eigenvalue weighted by Crippen LogP contribution is -2.36. The minimum Gasteiger partial charge on any atom is -0.374 e. The predicted octanol–water partition coefficient (Wildman–Crippen LogP) is 1.09. The molecule has 1 aliphatic rings. The summed E-state index contributed by atoms with van der Waals surface area (Å²) in [6.07, 6.45) is 3.63. The van der Waals surface area contributed by atoms with Crippen LogP contribution in [0.5, 0.6) is 0 Å². The Kier molecular flexibility index (Phi) is 3.47. The highest BCUT2D eigenvalue weighted by atomic mass is 16.5. The molecular formula is C12H19N3O2. The molecule has 2 N–H and O–H groups in total. The highest BCUT2D eigenvalue weighted by Crippen LogP contribution is 2.32. The van der Waals surface area contributed by atoms with E-state index in [4.69, 9.17) is 4.74 Å². The molecule has 4 atom stereocenters. The second-order valence-corrected chi connectivity index (χ2v) is 4.76. The summed E-state index contributed by atoms with van der Waals surface area (Å²) in [5.41, 5.74) is 0.977. The molecule has 5 heteroatoms. The van der Waals surface area contributed by atoms with Gasteiger partial charge in [-0.3, -0.25) is 9.89 Å². The number of aromatic amines is 1. The van der Waals surface area contributed by atoms with Crippen LogP contribution >= 0.6 is 0 Å². The Morgan fingerprint density at radius 3 is 2.76 bits per heavy atom. The van der Waals surface area contributed by atoms with Gasteiger partial charge in [0.15, 0.2) is 0 Å². The minimum atomic E-state index is -0.0584. The van der Waals surface area contributed by atoms with Crippen molar-refractivity contribution >= 4 is 5.91 Å². The fourth-order valence-corrected chi connectivity index (χ4v) is 2.40. The average molecular weight is 237 g/mol. The maximum absolute atomic E-state index is 12.1. The molecule has 1 saturated heterocycles. The lowest BCUT2D eigenvalue weighted by atomic mass is 9.89. The first kappa shape index (κ1) is 12.1. The van der Waals surface area contributed by atoms with Crippen LogP contribution in [-0.2, 0) is 16.1 Å². The van der Waals surface area contributed by atoms with E-state index in [9.17, 15) is 4.79 Å². The lowest BCUT2D eigenvalue weighted by Gasteiger charge is -2.17. The molecule has 0 bridgehead atoms. The Hall–Kier alpha value is -1.36. The third kappa shape index (κ3) is 2.49. The SMILES string of the molecule is CC1OC(C)C(C(=O)NCc2cn[nH]c2)C1C. The third-order valence-electron chi connectivity index (χ3n) is 3.57. The van der Waals surface area contributed by atoms with Gasteiger partial charge in [-0.05, 0) is 19.8 Å². The molecule has 1 aliphatic heterocycles. The molecular weight excluding hydrogens is 218 g/mol. The minimum absolute atomic E-state index is 0.00986. The standard InChI is InChI=1S/C12H19N3O2/c1-7-8(2)17-9(3)11(7)12(16)13-4-10-5-14-15-6-10/h5-9,11H,4H2,1-3H3,(H,13,16)(H,14,15). The zero-order valence-electron chi connectivity index (χ0n) is 10.4. The highest BCUT2D eigenvalue weighted by molar-refractivity contribution is 5.79. The predicted molar refractivity (Wildman–Crippen MR) is 63.1 cm³/mol. The average Bonchev–Trinajstić information content (AvgIpc) is 2.86. The lowest BCUT2D eigenvalue weighted by molar-refractivity contribution is -0.127. The van der Waals surface area contributed by atoms with E-state index in [0.717, 1.165) is 5.56 Å². The fraction of sp³-hybridized carbons (Fsp3) is 0.667. The van der Waals surface area contributed by atoms with E-state index in [2.05, 4.69) is 22.4 Å². The van der Waals surface area contributed by atoms with Gasteiger partial charge in [0.05, 0.1) is 24.3 Å². The summed E-state index contributed by atoms with van der Waals surface area (Å²) in [5, 5.41) is 9.49. The first-order chi connectivity index (χ1) is 8.09. The van der Waals surface area contributed by atoms with Crippen molar-refractivity contribution in [2.45, 2.75) is 39.5 Å². The molecule has 1 aromatic heterocycles. The Labute approximate surface area is 101 Å². The molecule has 1 aromatic rings. The zero-order valence-corrected chi connectivity index (χ0v) is 10.4. The summed E-state index contributed by atoms with van der Waals surface area (Å²) in [6.45, 7) is 6.56. The molecule has 2 rings (SSSR count). The van der Waals surface area contributed by atoms with Gasteiger partial charge < -0.3 is 10.1 Å². The van der Waals surface area contributed by atoms with Crippen LogP contribution in [0, 0.1) is 11.8 Å². The van der Waals surface area contributed by atoms with Gasteiger partial charge in [0.1, 0.15) is 0 Å². The van der Waals surface area contributed by atoms with Crippen LogP contribution < -0.4 is 5.32 Å². The van der Waals surface area contributed by atoms with Crippen molar-refractivity contribution in [2.24, 2.45) is 11.8 Å². The Balaban J connectivity index is 1.91. The summed E-state index contributed by atoms with van der Waals surface area (Å²) in [4.78, 5) is 12.1. The summed E-state index contributed by atoms with van der Waals surface area (Å²) in [5.74, 6) is 0.266. The van der Waals surface area contributed by atoms with E-state index in [0.29, 0.717) is 6.54 Å². The summed E-state index contributed by atoms with van der Waals surface area (Å²) in [6, 6.07) is 0. The molecule has 0 saturated carbocycles. The number of amides is 1. The second kappa shape index (κ2) is 4.87. The van der Waals surface area contributed by atoms with Gasteiger partial charge in [-0.2, -0.15) is 5.10 Å². The van der Waals surface area contributed by atoms with Gasteiger partial charge in [-0.25, -0.2) is 0 Å². The van der Waals surface area contributed by atoms with Crippen molar-refractivity contribution in [3.8, 4) is 0 Å². The molecule has 94 valence electrons. The van der Waals surface area contributed by atoms with Crippen LogP contribution in [0.4, 0.5) is 0 Å². The Morgan fingerprint density at radius 1 is 1.47 bits per heavy atom. The number of hydrogen-bond donors (Lipinski definition) is 2. The molecule has 1 amide bonds. The molecule has 4 unspecified atom stereocenters. The van der Waals surface area contributed by atoms with Gasteiger partial charge in [-0.15, -0.1) is 0 Å². The van der Waals surface area contributed by atoms with Crippen molar-refractivity contribution < 1.29 is 9.53 Å². The topological polar surface area (TPSA) is 67.0 Å². The molecule has 5 nitrogen and oxygen atoms in total. The normalized spacial score (nSPS) is 32.6. The van der Waals surface area contributed by atoms with Gasteiger partial charge in [0.2, 0.25) is 5.91 Å². The van der Waals surface area contributed by atoms with Crippen LogP contribution in [0.25, 0.3) is 0 Å². The second-order valence-electron chi connectivity index (χ2n) is 4.76. The van der Waals surface area contributed by atoms with Crippen LogP contribution in [0.15, 0.2) is 12.4 Å². The monoisotopic (exact) mass is 237 g/mol. The first-order valence-electron chi connectivity index (χ1n) is 6.00. The molecule has 0 aromatic carbocycles. The van der Waals surface area contributed by atoms with Gasteiger partial charge in [0, 0.05) is 18.3 Å². The van der Waals surface area contributed by atoms with E-state index in [-0.39, 0.29) is 30.0 Å². The number of rotatable bonds is 3. The zero-order chi connectivity index (χ0) is 12.4. The number of ether oxygens (including phenoxy) is 1. The maximum Gasteiger partial charge on any atom is 0.226 e. The van der Waals surface area contributed by atoms with Crippen molar-refractivity contribution in [1.29, 1.82) is 0 Å². The van der Waals surface area contributed by atoms with Crippen molar-refractivity contribution in [3.05, 3.63) is 18.0 Å². The fourth-order valence-electron chi connectivity index (χ4n) is 2.40. The molecule has 2 heterocycles. The van der Waals surface area contributed by atoms with Crippen molar-refractivity contribution in [2.75, 3.05) is 0 Å². The number of nitrogens with zero attached hydrogens (tertiary/aromatic N) is 1. The van der Waals surface area contributed by atoms with Crippen LogP contribution in [0.1, 0.15) is 26.3 Å². The highest BCUT2D eigenvalue weighted by Gasteiger charge is 2.41. The number of carbonyl (C=O) groups is 1. The van der Waals surface area contributed by atoms with E-state index < -0.39 is 0 Å². The molecule has 0 radical (unpaired) electrons. The number of aromatic nitrogens is 2. The van der Waals surface area contributed by atoms with Crippen molar-refractivity contribution in [3.63, 3.8) is 0 Å². The van der Waals surface area contributed by atoms with Crippen molar-refractivity contribution in [1.82, 2.24) is 15.5 Å². The summed E-state index contributed by atoms with van der Waals surface area (Å²) >= 11 is 0. The smallest absolute Gasteiger partial charge is 0.226 e. The number of carbonyl (C=O) groups excluding carboxylic acids is 1. The van der Waals surface area contributed by atoms with Gasteiger partial charge in [0.25, 0.3) is 0 Å². The van der Waals surface area contributed by atoms with Crippen LogP contribution in [-0.4, -0.2) is 28.3 Å². The molecule has 0 spiro atoms. The third-order valence-corrected chi connectivity index (χ3v) is 3.57. The van der Waals surface area contributed by atoms with Crippen LogP contribution in [0.3, 0.4) is 0 Å². The van der Waals surface area contributed by atoms with Gasteiger partial charge in [-0.1, -0.05) is 6.92 Å². The van der Waals surface area contributed by atoms with E-state index in [1.54, 1.807) is 12.4 Å². The molecule has 17 heavy (non-hydrogen) atoms. The van der Waals surface area contributed by atoms with E-state index >= 15 is 0 Å². The Morgan fingerprint density at radius 2 is 2.24 bits per heavy atom. The molecule has 1 fully saturated rings. The number of nitrogens with one attached hydrogen (secondary N) is 2. The molecule has 0 aliphatic carbocycles. The largest absolute Gasteiger partial charge is 0.374 e. The number of H-pyrrole nitrogens is 1. The van der Waals surface area contributed by atoms with Gasteiger partial charge >= 0.3 is 0 Å². The van der Waals surface area contributed by atoms with E-state index in [1.807, 2.05) is 13.8 Å².